The van der Waals surface area contributed by atoms with Gasteiger partial charge < -0.3 is 10.0 Å². The maximum absolute atomic E-state index is 12.4. The third-order valence-corrected chi connectivity index (χ3v) is 5.98. The summed E-state index contributed by atoms with van der Waals surface area (Å²) in [7, 11) is 0. The number of hydrogen-bond acceptors (Lipinski definition) is 4. The average Bonchev–Trinajstić information content (AvgIpc) is 3.23. The lowest BCUT2D eigenvalue weighted by atomic mass is 10.1. The maximum atomic E-state index is 12.4. The van der Waals surface area contributed by atoms with Crippen molar-refractivity contribution in [1.82, 2.24) is 14.7 Å². The van der Waals surface area contributed by atoms with E-state index in [4.69, 9.17) is 0 Å². The van der Waals surface area contributed by atoms with Gasteiger partial charge in [0.05, 0.1) is 6.61 Å². The van der Waals surface area contributed by atoms with E-state index in [-0.39, 0.29) is 0 Å². The lowest BCUT2D eigenvalue weighted by Gasteiger charge is -2.32. The second kappa shape index (κ2) is 8.45. The molecule has 0 radical (unpaired) electrons. The number of piperidine rings is 1. The predicted molar refractivity (Wildman–Crippen MR) is 91.3 cm³/mol. The van der Waals surface area contributed by atoms with E-state index < -0.39 is 0 Å². The Hall–Kier alpha value is -0.650. The van der Waals surface area contributed by atoms with Crippen molar-refractivity contribution in [3.8, 4) is 0 Å². The van der Waals surface area contributed by atoms with Gasteiger partial charge in [-0.2, -0.15) is 0 Å². The molecule has 0 saturated carbocycles. The van der Waals surface area contributed by atoms with Crippen LogP contribution in [-0.4, -0.2) is 83.7 Å². The number of carbonyl (C=O) groups excluding carboxylic acids is 1. The van der Waals surface area contributed by atoms with Gasteiger partial charge in [-0.15, -0.1) is 0 Å². The zero-order valence-electron chi connectivity index (χ0n) is 14.5. The van der Waals surface area contributed by atoms with Crippen molar-refractivity contribution in [3.63, 3.8) is 0 Å². The first kappa shape index (κ1) is 17.2. The molecule has 0 spiro atoms. The number of hydrogen-bond donors (Lipinski definition) is 1. The molecule has 1 N–H and O–H groups in total. The van der Waals surface area contributed by atoms with Crippen LogP contribution in [0, 0.1) is 0 Å². The summed E-state index contributed by atoms with van der Waals surface area (Å²) in [4.78, 5) is 19.4. The molecule has 23 heavy (non-hydrogen) atoms. The minimum Gasteiger partial charge on any atom is -0.395 e. The Morgan fingerprint density at radius 3 is 2.30 bits per heavy atom. The van der Waals surface area contributed by atoms with Gasteiger partial charge >= 0.3 is 0 Å². The van der Waals surface area contributed by atoms with E-state index in [0.29, 0.717) is 31.0 Å². The molecule has 3 fully saturated rings. The van der Waals surface area contributed by atoms with E-state index in [1.54, 1.807) is 0 Å². The van der Waals surface area contributed by atoms with Crippen LogP contribution in [0.1, 0.15) is 51.4 Å². The first-order chi connectivity index (χ1) is 11.3. The lowest BCUT2D eigenvalue weighted by molar-refractivity contribution is -0.132. The van der Waals surface area contributed by atoms with Crippen molar-refractivity contribution in [2.45, 2.75) is 63.5 Å². The smallest absolute Gasteiger partial charge is 0.223 e. The van der Waals surface area contributed by atoms with Crippen LogP contribution in [0.5, 0.6) is 0 Å². The van der Waals surface area contributed by atoms with Crippen LogP contribution in [0.2, 0.25) is 0 Å². The number of carbonyl (C=O) groups is 1. The molecule has 1 amide bonds. The SMILES string of the molecule is O=C(CCN1CCCC1CN1CCCC1CO)N1CCCCC1. The number of aliphatic hydroxyl groups is 1. The van der Waals surface area contributed by atoms with E-state index in [1.165, 1.54) is 38.5 Å². The molecule has 3 heterocycles. The Labute approximate surface area is 140 Å². The van der Waals surface area contributed by atoms with Crippen LogP contribution < -0.4 is 0 Å². The minimum atomic E-state index is 0.292. The molecule has 0 aliphatic carbocycles. The van der Waals surface area contributed by atoms with E-state index in [9.17, 15) is 9.90 Å². The van der Waals surface area contributed by atoms with Gasteiger partial charge in [0.15, 0.2) is 0 Å². The second-order valence-electron chi connectivity index (χ2n) is 7.50. The van der Waals surface area contributed by atoms with Gasteiger partial charge in [0.25, 0.3) is 0 Å². The highest BCUT2D eigenvalue weighted by Crippen LogP contribution is 2.23. The van der Waals surface area contributed by atoms with Crippen LogP contribution in [-0.2, 0) is 4.79 Å². The van der Waals surface area contributed by atoms with E-state index in [0.717, 1.165) is 45.7 Å². The fourth-order valence-electron chi connectivity index (χ4n) is 4.55. The Balaban J connectivity index is 1.44. The summed E-state index contributed by atoms with van der Waals surface area (Å²) in [6.45, 7) is 6.47. The Kier molecular flexibility index (Phi) is 6.31. The summed E-state index contributed by atoms with van der Waals surface area (Å²) in [5.41, 5.74) is 0. The van der Waals surface area contributed by atoms with Gasteiger partial charge in [0, 0.05) is 44.7 Å². The number of likely N-dealkylation sites (tertiary alicyclic amines) is 3. The molecule has 0 aromatic heterocycles. The van der Waals surface area contributed by atoms with Crippen LogP contribution in [0.25, 0.3) is 0 Å². The standard InChI is InChI=1S/C18H33N3O2/c22-15-17-7-5-12-21(17)14-16-6-4-11-19(16)13-8-18(23)20-9-2-1-3-10-20/h16-17,22H,1-15H2. The van der Waals surface area contributed by atoms with Crippen molar-refractivity contribution < 1.29 is 9.90 Å². The van der Waals surface area contributed by atoms with Gasteiger partial charge in [-0.05, 0) is 58.0 Å². The van der Waals surface area contributed by atoms with Crippen molar-refractivity contribution in [1.29, 1.82) is 0 Å². The monoisotopic (exact) mass is 323 g/mol. The molecular weight excluding hydrogens is 290 g/mol. The summed E-state index contributed by atoms with van der Waals surface area (Å²) in [6, 6.07) is 0.948. The molecule has 3 saturated heterocycles. The third-order valence-electron chi connectivity index (χ3n) is 5.98. The molecule has 3 aliphatic heterocycles. The third kappa shape index (κ3) is 4.46. The summed E-state index contributed by atoms with van der Waals surface area (Å²) < 4.78 is 0. The highest BCUT2D eigenvalue weighted by Gasteiger charge is 2.31. The van der Waals surface area contributed by atoms with Gasteiger partial charge in [0.2, 0.25) is 5.91 Å². The minimum absolute atomic E-state index is 0.292. The summed E-state index contributed by atoms with van der Waals surface area (Å²) >= 11 is 0. The fraction of sp³-hybridized carbons (Fsp3) is 0.944. The van der Waals surface area contributed by atoms with Crippen LogP contribution >= 0.6 is 0 Å². The second-order valence-corrected chi connectivity index (χ2v) is 7.50. The summed E-state index contributed by atoms with van der Waals surface area (Å²) in [5, 5.41) is 9.49. The number of amides is 1. The van der Waals surface area contributed by atoms with Gasteiger partial charge in [0.1, 0.15) is 0 Å². The largest absolute Gasteiger partial charge is 0.395 e. The molecule has 0 aromatic rings. The Morgan fingerprint density at radius 1 is 0.870 bits per heavy atom. The highest BCUT2D eigenvalue weighted by molar-refractivity contribution is 5.76. The zero-order chi connectivity index (χ0) is 16.1. The van der Waals surface area contributed by atoms with Gasteiger partial charge in [-0.25, -0.2) is 0 Å². The fourth-order valence-corrected chi connectivity index (χ4v) is 4.55. The molecule has 2 unspecified atom stereocenters. The van der Waals surface area contributed by atoms with Crippen LogP contribution in [0.15, 0.2) is 0 Å². The van der Waals surface area contributed by atoms with Crippen molar-refractivity contribution >= 4 is 5.91 Å². The van der Waals surface area contributed by atoms with Crippen LogP contribution in [0.3, 0.4) is 0 Å². The molecule has 5 nitrogen and oxygen atoms in total. The number of aliphatic hydroxyl groups excluding tert-OH is 1. The highest BCUT2D eigenvalue weighted by atomic mass is 16.3. The van der Waals surface area contributed by atoms with Gasteiger partial charge in [-0.1, -0.05) is 0 Å². The van der Waals surface area contributed by atoms with Crippen molar-refractivity contribution in [2.24, 2.45) is 0 Å². The zero-order valence-corrected chi connectivity index (χ0v) is 14.5. The first-order valence-electron chi connectivity index (χ1n) is 9.64. The average molecular weight is 323 g/mol. The quantitative estimate of drug-likeness (QED) is 0.801. The van der Waals surface area contributed by atoms with E-state index >= 15 is 0 Å². The Bertz CT molecular complexity index is 384. The van der Waals surface area contributed by atoms with E-state index in [1.807, 2.05) is 0 Å². The molecule has 3 aliphatic rings. The Morgan fingerprint density at radius 2 is 1.57 bits per heavy atom. The molecule has 0 bridgehead atoms. The van der Waals surface area contributed by atoms with Crippen LogP contribution in [0.4, 0.5) is 0 Å². The van der Waals surface area contributed by atoms with Gasteiger partial charge in [-0.3, -0.25) is 14.6 Å². The molecule has 0 aromatic carbocycles. The van der Waals surface area contributed by atoms with E-state index in [2.05, 4.69) is 14.7 Å². The normalized spacial score (nSPS) is 30.2. The first-order valence-corrected chi connectivity index (χ1v) is 9.64. The molecule has 3 rings (SSSR count). The topological polar surface area (TPSA) is 47.0 Å². The van der Waals surface area contributed by atoms with Crippen molar-refractivity contribution in [2.75, 3.05) is 45.9 Å². The predicted octanol–water partition coefficient (Wildman–Crippen LogP) is 1.31. The molecular formula is C18H33N3O2. The number of nitrogens with zero attached hydrogens (tertiary/aromatic N) is 3. The molecule has 5 heteroatoms. The lowest BCUT2D eigenvalue weighted by Crippen LogP contribution is -2.44. The van der Waals surface area contributed by atoms with Crippen molar-refractivity contribution in [3.05, 3.63) is 0 Å². The summed E-state index contributed by atoms with van der Waals surface area (Å²) in [5.74, 6) is 0.352. The molecule has 2 atom stereocenters. The maximum Gasteiger partial charge on any atom is 0.223 e. The molecule has 132 valence electrons. The number of rotatable bonds is 6. The summed E-state index contributed by atoms with van der Waals surface area (Å²) in [6.07, 6.45) is 9.15.